The minimum atomic E-state index is -1.30. The molecule has 1 aromatic carbocycles. The van der Waals surface area contributed by atoms with E-state index in [4.69, 9.17) is 0 Å². The first-order valence-corrected chi connectivity index (χ1v) is 3.43. The van der Waals surface area contributed by atoms with Gasteiger partial charge >= 0.3 is 0 Å². The predicted molar refractivity (Wildman–Crippen MR) is 43.1 cm³/mol. The number of carbonyl (C=O) groups excluding carboxylic acids is 1. The third kappa shape index (κ3) is 1.85. The molecule has 0 aromatic heterocycles. The third-order valence-electron chi connectivity index (χ3n) is 1.22. The molecule has 0 N–H and O–H groups in total. The highest BCUT2D eigenvalue weighted by atomic mass is 32.1. The van der Waals surface area contributed by atoms with Crippen LogP contribution in [0.15, 0.2) is 30.3 Å². The fourth-order valence-electron chi connectivity index (χ4n) is 0.707. The topological polar surface area (TPSA) is 40.1 Å². The number of hydrogen-bond donors (Lipinski definition) is 0. The van der Waals surface area contributed by atoms with E-state index < -0.39 is 5.97 Å². The van der Waals surface area contributed by atoms with E-state index in [1.54, 1.807) is 30.3 Å². The predicted octanol–water partition coefficient (Wildman–Crippen LogP) is 0.155. The van der Waals surface area contributed by atoms with Crippen LogP contribution in [0.4, 0.5) is 0 Å². The maximum absolute atomic E-state index is 10.2. The number of aliphatic carboxylic acids is 1. The van der Waals surface area contributed by atoms with Gasteiger partial charge in [0.15, 0.2) is 0 Å². The molecular weight excluding hydrogens is 160 g/mol. The van der Waals surface area contributed by atoms with Crippen molar-refractivity contribution < 1.29 is 9.90 Å². The van der Waals surface area contributed by atoms with E-state index in [0.29, 0.717) is 5.56 Å². The van der Waals surface area contributed by atoms with Gasteiger partial charge in [-0.15, -0.1) is 0 Å². The lowest BCUT2D eigenvalue weighted by atomic mass is 10.1. The van der Waals surface area contributed by atoms with Crippen molar-refractivity contribution in [1.29, 1.82) is 0 Å². The molecule has 0 aliphatic heterocycles. The molecule has 0 spiro atoms. The minimum absolute atomic E-state index is 0.148. The van der Waals surface area contributed by atoms with E-state index in [0.717, 1.165) is 0 Å². The van der Waals surface area contributed by atoms with E-state index in [9.17, 15) is 9.90 Å². The van der Waals surface area contributed by atoms with Crippen molar-refractivity contribution in [3.63, 3.8) is 0 Å². The summed E-state index contributed by atoms with van der Waals surface area (Å²) in [5.74, 6) is -1.30. The second kappa shape index (κ2) is 3.25. The number of hydrogen-bond acceptors (Lipinski definition) is 3. The summed E-state index contributed by atoms with van der Waals surface area (Å²) in [5.41, 5.74) is 0.516. The first-order valence-electron chi connectivity index (χ1n) is 3.02. The summed E-state index contributed by atoms with van der Waals surface area (Å²) >= 11 is 4.58. The van der Waals surface area contributed by atoms with Crippen molar-refractivity contribution in [2.24, 2.45) is 0 Å². The summed E-state index contributed by atoms with van der Waals surface area (Å²) in [6.07, 6.45) is 0. The third-order valence-corrected chi connectivity index (χ3v) is 1.62. The second-order valence-corrected chi connectivity index (χ2v) is 2.39. The van der Waals surface area contributed by atoms with Gasteiger partial charge in [0, 0.05) is 0 Å². The van der Waals surface area contributed by atoms with Crippen LogP contribution in [0.3, 0.4) is 0 Å². The van der Waals surface area contributed by atoms with Gasteiger partial charge in [-0.25, -0.2) is 0 Å². The molecule has 0 heterocycles. The molecule has 0 radical (unpaired) electrons. The van der Waals surface area contributed by atoms with Gasteiger partial charge in [0.05, 0.1) is 10.8 Å². The van der Waals surface area contributed by atoms with Crippen LogP contribution in [0.1, 0.15) is 5.56 Å². The fourth-order valence-corrected chi connectivity index (χ4v) is 0.843. The van der Waals surface area contributed by atoms with E-state index in [-0.39, 0.29) is 4.86 Å². The summed E-state index contributed by atoms with van der Waals surface area (Å²) < 4.78 is 0. The molecule has 2 nitrogen and oxygen atoms in total. The molecule has 0 aliphatic rings. The zero-order valence-electron chi connectivity index (χ0n) is 5.61. The van der Waals surface area contributed by atoms with Crippen molar-refractivity contribution in [2.75, 3.05) is 0 Å². The van der Waals surface area contributed by atoms with Crippen molar-refractivity contribution in [1.82, 2.24) is 0 Å². The second-order valence-electron chi connectivity index (χ2n) is 1.98. The van der Waals surface area contributed by atoms with Crippen molar-refractivity contribution in [2.45, 2.75) is 0 Å². The summed E-state index contributed by atoms with van der Waals surface area (Å²) in [6.45, 7) is 0. The van der Waals surface area contributed by atoms with Gasteiger partial charge in [0.2, 0.25) is 0 Å². The number of thiocarbonyl (C=S) groups is 1. The first kappa shape index (κ1) is 7.88. The fraction of sp³-hybridized carbons (Fsp3) is 0. The lowest BCUT2D eigenvalue weighted by Crippen LogP contribution is -2.30. The largest absolute Gasteiger partial charge is 0.544 e. The smallest absolute Gasteiger partial charge is 0.0829 e. The maximum atomic E-state index is 10.2. The minimum Gasteiger partial charge on any atom is -0.544 e. The maximum Gasteiger partial charge on any atom is 0.0829 e. The molecule has 0 aliphatic carbocycles. The molecule has 0 saturated heterocycles. The number of carboxylic acids is 1. The Hall–Kier alpha value is -1.22. The lowest BCUT2D eigenvalue weighted by molar-refractivity contribution is -0.293. The van der Waals surface area contributed by atoms with Gasteiger partial charge in [-0.2, -0.15) is 0 Å². The van der Waals surface area contributed by atoms with Crippen LogP contribution in [0, 0.1) is 0 Å². The number of carbonyl (C=O) groups is 1. The zero-order chi connectivity index (χ0) is 8.27. The average molecular weight is 165 g/mol. The average Bonchev–Trinajstić information content (AvgIpc) is 2.05. The Morgan fingerprint density at radius 1 is 1.27 bits per heavy atom. The molecule has 11 heavy (non-hydrogen) atoms. The van der Waals surface area contributed by atoms with Crippen LogP contribution in [-0.4, -0.2) is 10.8 Å². The van der Waals surface area contributed by atoms with Crippen molar-refractivity contribution in [3.05, 3.63) is 35.9 Å². The van der Waals surface area contributed by atoms with Gasteiger partial charge in [-0.1, -0.05) is 42.5 Å². The van der Waals surface area contributed by atoms with Crippen LogP contribution < -0.4 is 5.11 Å². The van der Waals surface area contributed by atoms with Crippen LogP contribution in [0.25, 0.3) is 0 Å². The molecule has 0 fully saturated rings. The van der Waals surface area contributed by atoms with Crippen LogP contribution in [-0.2, 0) is 4.79 Å². The summed E-state index contributed by atoms with van der Waals surface area (Å²) in [6, 6.07) is 8.52. The molecule has 0 amide bonds. The van der Waals surface area contributed by atoms with Crippen molar-refractivity contribution >= 4 is 23.1 Å². The lowest BCUT2D eigenvalue weighted by Gasteiger charge is -2.02. The van der Waals surface area contributed by atoms with Crippen LogP contribution in [0.2, 0.25) is 0 Å². The Kier molecular flexibility index (Phi) is 2.33. The standard InChI is InChI=1S/C8H6O2S/c9-8(10)7(11)6-4-2-1-3-5-6/h1-5H,(H,9,10)/p-1. The molecule has 0 atom stereocenters. The quantitative estimate of drug-likeness (QED) is 0.463. The summed E-state index contributed by atoms with van der Waals surface area (Å²) in [5, 5.41) is 10.2. The number of rotatable bonds is 2. The molecule has 0 bridgehead atoms. The van der Waals surface area contributed by atoms with E-state index >= 15 is 0 Å². The highest BCUT2D eigenvalue weighted by Gasteiger charge is 1.98. The van der Waals surface area contributed by atoms with E-state index in [1.807, 2.05) is 0 Å². The van der Waals surface area contributed by atoms with Gasteiger partial charge < -0.3 is 9.90 Å². The molecule has 3 heteroatoms. The summed E-state index contributed by atoms with van der Waals surface area (Å²) in [4.78, 5) is 10.1. The number of carboxylic acid groups (broad SMARTS) is 1. The van der Waals surface area contributed by atoms with Gasteiger partial charge in [-0.05, 0) is 5.56 Å². The SMILES string of the molecule is O=C([O-])C(=S)c1ccccc1. The van der Waals surface area contributed by atoms with Crippen molar-refractivity contribution in [3.8, 4) is 0 Å². The van der Waals surface area contributed by atoms with Gasteiger partial charge in [0.25, 0.3) is 0 Å². The van der Waals surface area contributed by atoms with E-state index in [1.165, 1.54) is 0 Å². The molecule has 1 aromatic rings. The highest BCUT2D eigenvalue weighted by molar-refractivity contribution is 7.82. The monoisotopic (exact) mass is 165 g/mol. The normalized spacial score (nSPS) is 9.09. The Labute approximate surface area is 69.5 Å². The Balaban J connectivity index is 2.95. The first-order chi connectivity index (χ1) is 5.22. The summed E-state index contributed by atoms with van der Waals surface area (Å²) in [7, 11) is 0. The molecule has 0 saturated carbocycles. The van der Waals surface area contributed by atoms with Crippen LogP contribution >= 0.6 is 12.2 Å². The number of benzene rings is 1. The van der Waals surface area contributed by atoms with Crippen LogP contribution in [0.5, 0.6) is 0 Å². The molecule has 0 unspecified atom stereocenters. The Morgan fingerprint density at radius 3 is 2.27 bits per heavy atom. The van der Waals surface area contributed by atoms with Gasteiger partial charge in [0.1, 0.15) is 0 Å². The zero-order valence-corrected chi connectivity index (χ0v) is 6.43. The molecule has 56 valence electrons. The molecule has 1 rings (SSSR count). The molecular formula is C8H5O2S-. The van der Waals surface area contributed by atoms with Gasteiger partial charge in [-0.3, -0.25) is 0 Å². The Morgan fingerprint density at radius 2 is 1.82 bits per heavy atom. The Bertz CT molecular complexity index is 279. The van der Waals surface area contributed by atoms with E-state index in [2.05, 4.69) is 12.2 Å². The highest BCUT2D eigenvalue weighted by Crippen LogP contribution is 1.99.